The van der Waals surface area contributed by atoms with Gasteiger partial charge in [-0.25, -0.2) is 8.42 Å². The molecule has 4 rings (SSSR count). The Morgan fingerprint density at radius 3 is 2.09 bits per heavy atom. The summed E-state index contributed by atoms with van der Waals surface area (Å²) in [5.74, 6) is -0.949. The fourth-order valence-corrected chi connectivity index (χ4v) is 7.04. The second-order valence-corrected chi connectivity index (χ2v) is 15.0. The minimum atomic E-state index is -4.20. The van der Waals surface area contributed by atoms with E-state index in [0.717, 1.165) is 15.4 Å². The van der Waals surface area contributed by atoms with Crippen LogP contribution in [0, 0.1) is 13.8 Å². The normalized spacial score (nSPS) is 12.3. The number of rotatable bonds is 11. The molecule has 0 aliphatic heterocycles. The summed E-state index contributed by atoms with van der Waals surface area (Å²) in [4.78, 5) is 30.1. The van der Waals surface area contributed by atoms with Crippen LogP contribution >= 0.6 is 23.2 Å². The summed E-state index contributed by atoms with van der Waals surface area (Å²) in [6.45, 7) is 8.68. The zero-order valence-electron chi connectivity index (χ0n) is 26.6. The lowest BCUT2D eigenvalue weighted by molar-refractivity contribution is -0.140. The maximum Gasteiger partial charge on any atom is 0.264 e. The van der Waals surface area contributed by atoms with Gasteiger partial charge in [0.15, 0.2) is 0 Å². The van der Waals surface area contributed by atoms with Crippen LogP contribution in [0.25, 0.3) is 0 Å². The number of hydrogen-bond donors (Lipinski definition) is 1. The molecular formula is C36H39Cl2N3O4S. The number of carbonyl (C=O) groups excluding carboxylic acids is 2. The molecule has 0 spiro atoms. The molecule has 0 bridgehead atoms. The number of nitrogens with zero attached hydrogens (tertiary/aromatic N) is 2. The highest BCUT2D eigenvalue weighted by Crippen LogP contribution is 2.30. The van der Waals surface area contributed by atoms with Crippen LogP contribution < -0.4 is 9.62 Å². The zero-order valence-corrected chi connectivity index (χ0v) is 29.0. The fourth-order valence-electron chi connectivity index (χ4n) is 5.08. The van der Waals surface area contributed by atoms with Gasteiger partial charge in [0.25, 0.3) is 10.0 Å². The SMILES string of the molecule is Cc1cccc(N(CC(=O)N(Cc2ccc(Cl)cc2Cl)C(Cc2ccccc2)C(=O)NC(C)(C)C)S(=O)(=O)c2ccccc2)c1C. The molecule has 0 aliphatic carbocycles. The number of nitrogens with one attached hydrogen (secondary N) is 1. The number of anilines is 1. The standard InChI is InChI=1S/C36H39Cl2N3O4S/c1-25-13-12-18-32(26(25)2)41(46(44,45)30-16-10-7-11-17-30)24-34(42)40(23-28-19-20-29(37)22-31(28)38)33(35(43)39-36(3,4)5)21-27-14-8-6-9-15-27/h6-20,22,33H,21,23-24H2,1-5H3,(H,39,43). The van der Waals surface area contributed by atoms with E-state index in [9.17, 15) is 18.0 Å². The second kappa shape index (κ2) is 14.7. The molecule has 0 aliphatic rings. The van der Waals surface area contributed by atoms with Crippen LogP contribution in [0.1, 0.15) is 43.0 Å². The van der Waals surface area contributed by atoms with Gasteiger partial charge in [-0.05, 0) is 87.2 Å². The second-order valence-electron chi connectivity index (χ2n) is 12.2. The maximum atomic E-state index is 14.7. The first-order valence-electron chi connectivity index (χ1n) is 14.9. The quantitative estimate of drug-likeness (QED) is 0.179. The van der Waals surface area contributed by atoms with Gasteiger partial charge < -0.3 is 10.2 Å². The number of carbonyl (C=O) groups is 2. The van der Waals surface area contributed by atoms with Crippen LogP contribution in [-0.4, -0.2) is 43.3 Å². The predicted molar refractivity (Wildman–Crippen MR) is 186 cm³/mol. The lowest BCUT2D eigenvalue weighted by atomic mass is 10.0. The monoisotopic (exact) mass is 679 g/mol. The van der Waals surface area contributed by atoms with Crippen LogP contribution in [0.3, 0.4) is 0 Å². The van der Waals surface area contributed by atoms with Crippen molar-refractivity contribution in [1.82, 2.24) is 10.2 Å². The summed E-state index contributed by atoms with van der Waals surface area (Å²) in [7, 11) is -4.20. The minimum Gasteiger partial charge on any atom is -0.350 e. The lowest BCUT2D eigenvalue weighted by Crippen LogP contribution is -2.56. The Balaban J connectivity index is 1.86. The number of benzene rings is 4. The van der Waals surface area contributed by atoms with E-state index < -0.39 is 34.1 Å². The molecule has 1 N–H and O–H groups in total. The molecule has 1 atom stereocenters. The van der Waals surface area contributed by atoms with E-state index >= 15 is 0 Å². The third-order valence-electron chi connectivity index (χ3n) is 7.58. The highest BCUT2D eigenvalue weighted by atomic mass is 35.5. The van der Waals surface area contributed by atoms with Crippen LogP contribution in [0.2, 0.25) is 10.0 Å². The maximum absolute atomic E-state index is 14.7. The first-order chi connectivity index (χ1) is 21.7. The zero-order chi connectivity index (χ0) is 33.6. The lowest BCUT2D eigenvalue weighted by Gasteiger charge is -2.35. The average molecular weight is 681 g/mol. The molecule has 1 unspecified atom stereocenters. The van der Waals surface area contributed by atoms with Gasteiger partial charge in [-0.15, -0.1) is 0 Å². The summed E-state index contributed by atoms with van der Waals surface area (Å²) < 4.78 is 29.6. The largest absolute Gasteiger partial charge is 0.350 e. The Kier molecular flexibility index (Phi) is 11.2. The molecular weight excluding hydrogens is 641 g/mol. The summed E-state index contributed by atoms with van der Waals surface area (Å²) in [6, 6.07) is 26.6. The highest BCUT2D eigenvalue weighted by molar-refractivity contribution is 7.92. The summed E-state index contributed by atoms with van der Waals surface area (Å²) in [5.41, 5.74) is 2.76. The first kappa shape index (κ1) is 35.0. The van der Waals surface area contributed by atoms with E-state index in [4.69, 9.17) is 23.2 Å². The molecule has 10 heteroatoms. The van der Waals surface area contributed by atoms with Crippen molar-refractivity contribution in [2.75, 3.05) is 10.8 Å². The third kappa shape index (κ3) is 8.69. The third-order valence-corrected chi connectivity index (χ3v) is 9.94. The molecule has 0 fully saturated rings. The van der Waals surface area contributed by atoms with Crippen molar-refractivity contribution in [3.8, 4) is 0 Å². The van der Waals surface area contributed by atoms with E-state index in [1.807, 2.05) is 71.0 Å². The number of amides is 2. The van der Waals surface area contributed by atoms with Gasteiger partial charge in [0.05, 0.1) is 10.6 Å². The summed E-state index contributed by atoms with van der Waals surface area (Å²) in [5, 5.41) is 3.77. The van der Waals surface area contributed by atoms with Gasteiger partial charge >= 0.3 is 0 Å². The topological polar surface area (TPSA) is 86.8 Å². The molecule has 0 heterocycles. The smallest absolute Gasteiger partial charge is 0.264 e. The number of halogens is 2. The predicted octanol–water partition coefficient (Wildman–Crippen LogP) is 7.36. The van der Waals surface area contributed by atoms with Gasteiger partial charge in [0.2, 0.25) is 11.8 Å². The molecule has 4 aromatic carbocycles. The molecule has 242 valence electrons. The van der Waals surface area contributed by atoms with Crippen LogP contribution in [0.15, 0.2) is 102 Å². The van der Waals surface area contributed by atoms with Crippen molar-refractivity contribution in [1.29, 1.82) is 0 Å². The molecule has 0 radical (unpaired) electrons. The minimum absolute atomic E-state index is 0.0438. The van der Waals surface area contributed by atoms with Crippen molar-refractivity contribution in [3.63, 3.8) is 0 Å². The molecule has 0 saturated heterocycles. The van der Waals surface area contributed by atoms with Crippen LogP contribution in [-0.2, 0) is 32.6 Å². The summed E-state index contributed by atoms with van der Waals surface area (Å²) >= 11 is 12.8. The Morgan fingerprint density at radius 1 is 0.848 bits per heavy atom. The van der Waals surface area contributed by atoms with Gasteiger partial charge in [-0.3, -0.25) is 13.9 Å². The van der Waals surface area contributed by atoms with E-state index in [1.165, 1.54) is 17.0 Å². The van der Waals surface area contributed by atoms with Gasteiger partial charge in [-0.1, -0.05) is 89.9 Å². The van der Waals surface area contributed by atoms with Crippen LogP contribution in [0.5, 0.6) is 0 Å². The molecule has 2 amide bonds. The Hall–Kier alpha value is -3.85. The van der Waals surface area contributed by atoms with E-state index in [1.54, 1.807) is 48.5 Å². The number of hydrogen-bond acceptors (Lipinski definition) is 4. The fraction of sp³-hybridized carbons (Fsp3) is 0.278. The Labute approximate surface area is 282 Å². The average Bonchev–Trinajstić information content (AvgIpc) is 3.00. The van der Waals surface area contributed by atoms with E-state index in [-0.39, 0.29) is 23.8 Å². The molecule has 46 heavy (non-hydrogen) atoms. The van der Waals surface area contributed by atoms with Crippen LogP contribution in [0.4, 0.5) is 5.69 Å². The highest BCUT2D eigenvalue weighted by Gasteiger charge is 2.36. The Morgan fingerprint density at radius 2 is 1.48 bits per heavy atom. The van der Waals surface area contributed by atoms with Crippen molar-refractivity contribution in [2.24, 2.45) is 0 Å². The Bertz CT molecular complexity index is 1790. The van der Waals surface area contributed by atoms with E-state index in [2.05, 4.69) is 5.32 Å². The van der Waals surface area contributed by atoms with Gasteiger partial charge in [-0.2, -0.15) is 0 Å². The van der Waals surface area contributed by atoms with Gasteiger partial charge in [0.1, 0.15) is 12.6 Å². The number of sulfonamides is 1. The summed E-state index contributed by atoms with van der Waals surface area (Å²) in [6.07, 6.45) is 0.189. The van der Waals surface area contributed by atoms with Crippen molar-refractivity contribution < 1.29 is 18.0 Å². The van der Waals surface area contributed by atoms with Crippen molar-refractivity contribution in [3.05, 3.63) is 129 Å². The van der Waals surface area contributed by atoms with Gasteiger partial charge in [0, 0.05) is 28.5 Å². The number of aryl methyl sites for hydroxylation is 1. The van der Waals surface area contributed by atoms with Crippen molar-refractivity contribution >= 4 is 50.7 Å². The van der Waals surface area contributed by atoms with E-state index in [0.29, 0.717) is 26.9 Å². The first-order valence-corrected chi connectivity index (χ1v) is 17.1. The molecule has 7 nitrogen and oxygen atoms in total. The molecule has 4 aromatic rings. The molecule has 0 aromatic heterocycles. The molecule has 0 saturated carbocycles. The van der Waals surface area contributed by atoms with Crippen molar-refractivity contribution in [2.45, 2.75) is 64.1 Å².